The highest BCUT2D eigenvalue weighted by Crippen LogP contribution is 2.22. The minimum absolute atomic E-state index is 0.211. The summed E-state index contributed by atoms with van der Waals surface area (Å²) in [6, 6.07) is 3.54. The molecule has 0 amide bonds. The van der Waals surface area contributed by atoms with Crippen molar-refractivity contribution in [3.8, 4) is 0 Å². The number of ether oxygens (including phenoxy) is 1. The molecule has 0 fully saturated rings. The number of hydrogen-bond acceptors (Lipinski definition) is 4. The number of aryl methyl sites for hydroxylation is 1. The zero-order chi connectivity index (χ0) is 14.4. The van der Waals surface area contributed by atoms with Crippen molar-refractivity contribution in [2.75, 3.05) is 25.2 Å². The standard InChI is InChI=1S/C14H22N2O3/c1-5-11(3)16(8-9-19-4)13-12(14(17)18)7-6-10(2)15-13/h6-7,11H,5,8-9H2,1-4H3,(H,17,18). The van der Waals surface area contributed by atoms with E-state index in [1.54, 1.807) is 19.2 Å². The molecule has 1 rings (SSSR count). The maximum absolute atomic E-state index is 11.3. The fourth-order valence-electron chi connectivity index (χ4n) is 1.87. The van der Waals surface area contributed by atoms with Crippen molar-refractivity contribution < 1.29 is 14.6 Å². The zero-order valence-corrected chi connectivity index (χ0v) is 12.0. The van der Waals surface area contributed by atoms with Crippen molar-refractivity contribution in [1.29, 1.82) is 0 Å². The molecule has 0 aliphatic carbocycles. The summed E-state index contributed by atoms with van der Waals surface area (Å²) in [5.74, 6) is -0.424. The molecule has 5 nitrogen and oxygen atoms in total. The number of anilines is 1. The van der Waals surface area contributed by atoms with Gasteiger partial charge in [-0.05, 0) is 32.4 Å². The van der Waals surface area contributed by atoms with E-state index in [9.17, 15) is 9.90 Å². The Hall–Kier alpha value is -1.62. The molecule has 1 N–H and O–H groups in total. The Bertz CT molecular complexity index is 435. The molecule has 1 atom stereocenters. The Labute approximate surface area is 114 Å². The summed E-state index contributed by atoms with van der Waals surface area (Å²) in [7, 11) is 1.64. The molecule has 0 bridgehead atoms. The molecule has 106 valence electrons. The maximum Gasteiger partial charge on any atom is 0.339 e. The Balaban J connectivity index is 3.19. The number of carboxylic acid groups (broad SMARTS) is 1. The van der Waals surface area contributed by atoms with E-state index in [2.05, 4.69) is 18.8 Å². The van der Waals surface area contributed by atoms with Crippen molar-refractivity contribution in [1.82, 2.24) is 4.98 Å². The smallest absolute Gasteiger partial charge is 0.339 e. The topological polar surface area (TPSA) is 62.7 Å². The minimum atomic E-state index is -0.951. The number of pyridine rings is 1. The second-order valence-electron chi connectivity index (χ2n) is 4.57. The fourth-order valence-corrected chi connectivity index (χ4v) is 1.87. The van der Waals surface area contributed by atoms with Gasteiger partial charge in [-0.1, -0.05) is 6.92 Å². The molecule has 5 heteroatoms. The Morgan fingerprint density at radius 2 is 2.21 bits per heavy atom. The first kappa shape index (κ1) is 15.4. The second kappa shape index (κ2) is 7.09. The molecular weight excluding hydrogens is 244 g/mol. The van der Waals surface area contributed by atoms with Crippen LogP contribution in [0.5, 0.6) is 0 Å². The number of carboxylic acids is 1. The molecule has 0 radical (unpaired) electrons. The first-order valence-corrected chi connectivity index (χ1v) is 6.47. The molecule has 0 spiro atoms. The van der Waals surface area contributed by atoms with E-state index in [0.29, 0.717) is 19.0 Å². The number of rotatable bonds is 7. The van der Waals surface area contributed by atoms with E-state index in [1.807, 2.05) is 11.8 Å². The third-order valence-electron chi connectivity index (χ3n) is 3.18. The summed E-state index contributed by atoms with van der Waals surface area (Å²) >= 11 is 0. The summed E-state index contributed by atoms with van der Waals surface area (Å²) in [6.45, 7) is 7.16. The molecule has 0 aliphatic rings. The number of aromatic carboxylic acids is 1. The van der Waals surface area contributed by atoms with Crippen molar-refractivity contribution in [3.05, 3.63) is 23.4 Å². The molecule has 0 saturated heterocycles. The average molecular weight is 266 g/mol. The molecule has 1 aromatic heterocycles. The van der Waals surface area contributed by atoms with Gasteiger partial charge in [0.05, 0.1) is 6.61 Å². The van der Waals surface area contributed by atoms with Gasteiger partial charge in [-0.2, -0.15) is 0 Å². The molecule has 1 heterocycles. The number of nitrogens with zero attached hydrogens (tertiary/aromatic N) is 2. The van der Waals surface area contributed by atoms with Crippen LogP contribution in [0.2, 0.25) is 0 Å². The van der Waals surface area contributed by atoms with Gasteiger partial charge in [0, 0.05) is 25.4 Å². The SMILES string of the molecule is CCC(C)N(CCOC)c1nc(C)ccc1C(=O)O. The lowest BCUT2D eigenvalue weighted by Crippen LogP contribution is -2.37. The summed E-state index contributed by atoms with van der Waals surface area (Å²) in [5.41, 5.74) is 1.05. The minimum Gasteiger partial charge on any atom is -0.478 e. The van der Waals surface area contributed by atoms with E-state index in [0.717, 1.165) is 12.1 Å². The highest BCUT2D eigenvalue weighted by Gasteiger charge is 2.21. The van der Waals surface area contributed by atoms with Crippen molar-refractivity contribution in [2.45, 2.75) is 33.2 Å². The predicted molar refractivity (Wildman–Crippen MR) is 74.9 cm³/mol. The number of carbonyl (C=O) groups is 1. The van der Waals surface area contributed by atoms with Crippen LogP contribution in [-0.2, 0) is 4.74 Å². The van der Waals surface area contributed by atoms with Gasteiger partial charge in [-0.3, -0.25) is 0 Å². The highest BCUT2D eigenvalue weighted by molar-refractivity contribution is 5.93. The largest absolute Gasteiger partial charge is 0.478 e. The number of hydrogen-bond donors (Lipinski definition) is 1. The van der Waals surface area contributed by atoms with Gasteiger partial charge < -0.3 is 14.7 Å². The van der Waals surface area contributed by atoms with Crippen LogP contribution >= 0.6 is 0 Å². The van der Waals surface area contributed by atoms with E-state index >= 15 is 0 Å². The molecule has 0 aliphatic heterocycles. The van der Waals surface area contributed by atoms with E-state index < -0.39 is 5.97 Å². The second-order valence-corrected chi connectivity index (χ2v) is 4.57. The van der Waals surface area contributed by atoms with Crippen molar-refractivity contribution in [3.63, 3.8) is 0 Å². The van der Waals surface area contributed by atoms with Crippen molar-refractivity contribution >= 4 is 11.8 Å². The Morgan fingerprint density at radius 3 is 2.74 bits per heavy atom. The quantitative estimate of drug-likeness (QED) is 0.820. The predicted octanol–water partition coefficient (Wildman–Crippen LogP) is 2.34. The number of methoxy groups -OCH3 is 1. The van der Waals surface area contributed by atoms with Crippen LogP contribution in [0.3, 0.4) is 0 Å². The van der Waals surface area contributed by atoms with Gasteiger partial charge in [0.1, 0.15) is 11.4 Å². The van der Waals surface area contributed by atoms with Crippen LogP contribution in [0, 0.1) is 6.92 Å². The van der Waals surface area contributed by atoms with Crippen molar-refractivity contribution in [2.24, 2.45) is 0 Å². The highest BCUT2D eigenvalue weighted by atomic mass is 16.5. The van der Waals surface area contributed by atoms with Gasteiger partial charge in [-0.25, -0.2) is 9.78 Å². The average Bonchev–Trinajstić information content (AvgIpc) is 2.38. The van der Waals surface area contributed by atoms with Crippen LogP contribution in [0.25, 0.3) is 0 Å². The molecule has 0 aromatic carbocycles. The van der Waals surface area contributed by atoms with Crippen LogP contribution < -0.4 is 4.90 Å². The first-order valence-electron chi connectivity index (χ1n) is 6.47. The van der Waals surface area contributed by atoms with Crippen LogP contribution in [0.1, 0.15) is 36.3 Å². The summed E-state index contributed by atoms with van der Waals surface area (Å²) in [4.78, 5) is 17.7. The first-order chi connectivity index (χ1) is 9.01. The third-order valence-corrected chi connectivity index (χ3v) is 3.18. The lowest BCUT2D eigenvalue weighted by Gasteiger charge is -2.30. The third kappa shape index (κ3) is 3.92. The van der Waals surface area contributed by atoms with Gasteiger partial charge in [-0.15, -0.1) is 0 Å². The molecular formula is C14H22N2O3. The van der Waals surface area contributed by atoms with Crippen LogP contribution in [0.4, 0.5) is 5.82 Å². The Kier molecular flexibility index (Phi) is 5.76. The zero-order valence-electron chi connectivity index (χ0n) is 12.0. The molecule has 1 unspecified atom stereocenters. The molecule has 19 heavy (non-hydrogen) atoms. The fraction of sp³-hybridized carbons (Fsp3) is 0.571. The lowest BCUT2D eigenvalue weighted by atomic mass is 10.1. The van der Waals surface area contributed by atoms with Gasteiger partial charge >= 0.3 is 5.97 Å². The lowest BCUT2D eigenvalue weighted by molar-refractivity contribution is 0.0697. The molecule has 1 aromatic rings. The van der Waals surface area contributed by atoms with E-state index in [-0.39, 0.29) is 11.6 Å². The normalized spacial score (nSPS) is 12.2. The van der Waals surface area contributed by atoms with E-state index in [1.165, 1.54) is 0 Å². The summed E-state index contributed by atoms with van der Waals surface area (Å²) < 4.78 is 5.10. The molecule has 0 saturated carbocycles. The maximum atomic E-state index is 11.3. The Morgan fingerprint density at radius 1 is 1.53 bits per heavy atom. The van der Waals surface area contributed by atoms with Crippen LogP contribution in [-0.4, -0.2) is 42.4 Å². The van der Waals surface area contributed by atoms with E-state index in [4.69, 9.17) is 4.74 Å². The van der Waals surface area contributed by atoms with Crippen LogP contribution in [0.15, 0.2) is 12.1 Å². The monoisotopic (exact) mass is 266 g/mol. The summed E-state index contributed by atoms with van der Waals surface area (Å²) in [5, 5.41) is 9.29. The van der Waals surface area contributed by atoms with Gasteiger partial charge in [0.15, 0.2) is 0 Å². The summed E-state index contributed by atoms with van der Waals surface area (Å²) in [6.07, 6.45) is 0.915. The van der Waals surface area contributed by atoms with Gasteiger partial charge in [0.2, 0.25) is 0 Å². The number of aromatic nitrogens is 1. The van der Waals surface area contributed by atoms with Gasteiger partial charge in [0.25, 0.3) is 0 Å².